The van der Waals surface area contributed by atoms with Gasteiger partial charge < -0.3 is 19.5 Å². The van der Waals surface area contributed by atoms with Crippen LogP contribution in [-0.2, 0) is 9.59 Å². The van der Waals surface area contributed by atoms with Gasteiger partial charge in [-0.15, -0.1) is 0 Å². The van der Waals surface area contributed by atoms with Crippen molar-refractivity contribution in [2.45, 2.75) is 19.4 Å². The lowest BCUT2D eigenvalue weighted by Crippen LogP contribution is -2.24. The zero-order chi connectivity index (χ0) is 21.1. The molecule has 1 aliphatic rings. The highest BCUT2D eigenvalue weighted by atomic mass is 19.1. The van der Waals surface area contributed by atoms with Crippen LogP contribution in [0.4, 0.5) is 4.39 Å². The van der Waals surface area contributed by atoms with Crippen LogP contribution in [0.2, 0.25) is 0 Å². The fraction of sp³-hybridized carbons (Fsp3) is 0.273. The lowest BCUT2D eigenvalue weighted by atomic mass is 9.95. The number of aliphatic hydroxyl groups is 1. The number of likely N-dealkylation sites (tertiary alicyclic amines) is 1. The summed E-state index contributed by atoms with van der Waals surface area (Å²) in [7, 11) is 2.82. The van der Waals surface area contributed by atoms with Gasteiger partial charge >= 0.3 is 0 Å². The summed E-state index contributed by atoms with van der Waals surface area (Å²) < 4.78 is 24.5. The van der Waals surface area contributed by atoms with Crippen LogP contribution in [0, 0.1) is 5.82 Å². The molecular weight excluding hydrogens is 377 g/mol. The summed E-state index contributed by atoms with van der Waals surface area (Å²) in [6.07, 6.45) is 0.870. The number of ketones is 1. The van der Waals surface area contributed by atoms with Crippen molar-refractivity contribution >= 4 is 17.4 Å². The van der Waals surface area contributed by atoms with Crippen LogP contribution in [0.15, 0.2) is 48.0 Å². The van der Waals surface area contributed by atoms with Crippen LogP contribution in [0.5, 0.6) is 11.5 Å². The molecule has 7 heteroatoms. The van der Waals surface area contributed by atoms with Gasteiger partial charge in [-0.1, -0.05) is 19.1 Å². The number of hydrogen-bond donors (Lipinski definition) is 1. The van der Waals surface area contributed by atoms with E-state index in [0.717, 1.165) is 12.5 Å². The Kier molecular flexibility index (Phi) is 5.87. The summed E-state index contributed by atoms with van der Waals surface area (Å²) >= 11 is 0. The third kappa shape index (κ3) is 3.81. The van der Waals surface area contributed by atoms with E-state index in [-0.39, 0.29) is 16.9 Å². The molecular formula is C22H22FNO5. The van der Waals surface area contributed by atoms with Gasteiger partial charge in [-0.05, 0) is 42.3 Å². The molecule has 1 heterocycles. The summed E-state index contributed by atoms with van der Waals surface area (Å²) in [4.78, 5) is 26.2. The molecule has 0 saturated carbocycles. The van der Waals surface area contributed by atoms with E-state index in [4.69, 9.17) is 9.47 Å². The first kappa shape index (κ1) is 20.4. The number of likely N-dealkylation sites (N-methyl/N-ethyl adjacent to an activating group) is 1. The van der Waals surface area contributed by atoms with Crippen LogP contribution in [0.3, 0.4) is 0 Å². The molecule has 0 radical (unpaired) electrons. The molecule has 1 unspecified atom stereocenters. The largest absolute Gasteiger partial charge is 0.507 e. The van der Waals surface area contributed by atoms with Crippen LogP contribution in [0.25, 0.3) is 5.76 Å². The molecule has 2 aromatic rings. The smallest absolute Gasteiger partial charge is 0.295 e. The topological polar surface area (TPSA) is 76.1 Å². The zero-order valence-corrected chi connectivity index (χ0v) is 16.4. The number of nitrogens with zero attached hydrogens (tertiary/aromatic N) is 1. The third-order valence-corrected chi connectivity index (χ3v) is 4.77. The third-order valence-electron chi connectivity index (χ3n) is 4.77. The molecule has 0 aliphatic carbocycles. The normalized spacial score (nSPS) is 18.2. The van der Waals surface area contributed by atoms with Crippen molar-refractivity contribution in [2.24, 2.45) is 0 Å². The Morgan fingerprint density at radius 1 is 1.17 bits per heavy atom. The van der Waals surface area contributed by atoms with Crippen LogP contribution < -0.4 is 9.47 Å². The maximum absolute atomic E-state index is 14.1. The van der Waals surface area contributed by atoms with Crippen molar-refractivity contribution in [1.82, 2.24) is 4.90 Å². The molecule has 1 saturated heterocycles. The second-order valence-corrected chi connectivity index (χ2v) is 6.68. The number of carbonyl (C=O) groups is 2. The summed E-state index contributed by atoms with van der Waals surface area (Å²) in [6.45, 7) is 2.58. The van der Waals surface area contributed by atoms with Gasteiger partial charge in [-0.25, -0.2) is 4.39 Å². The number of carbonyl (C=O) groups excluding carboxylic acids is 2. The van der Waals surface area contributed by atoms with E-state index < -0.39 is 29.3 Å². The SMILES string of the molecule is CCCOc1ccc(C2/C(=C(\O)c3ccc(OC)c(F)c3)C(=O)C(=O)N2C)cc1. The van der Waals surface area contributed by atoms with Crippen molar-refractivity contribution in [3.05, 3.63) is 65.0 Å². The van der Waals surface area contributed by atoms with E-state index in [0.29, 0.717) is 17.9 Å². The van der Waals surface area contributed by atoms with Crippen molar-refractivity contribution in [2.75, 3.05) is 20.8 Å². The van der Waals surface area contributed by atoms with Gasteiger partial charge in [0.1, 0.15) is 11.5 Å². The number of hydrogen-bond acceptors (Lipinski definition) is 5. The summed E-state index contributed by atoms with van der Waals surface area (Å²) in [5, 5.41) is 10.8. The maximum Gasteiger partial charge on any atom is 0.295 e. The molecule has 1 atom stereocenters. The molecule has 3 rings (SSSR count). The Morgan fingerprint density at radius 3 is 2.45 bits per heavy atom. The van der Waals surface area contributed by atoms with Crippen LogP contribution in [0.1, 0.15) is 30.5 Å². The number of halogens is 1. The molecule has 1 fully saturated rings. The van der Waals surface area contributed by atoms with E-state index in [9.17, 15) is 19.1 Å². The Labute approximate surface area is 168 Å². The highest BCUT2D eigenvalue weighted by molar-refractivity contribution is 6.46. The second-order valence-electron chi connectivity index (χ2n) is 6.68. The van der Waals surface area contributed by atoms with E-state index in [1.807, 2.05) is 6.92 Å². The van der Waals surface area contributed by atoms with E-state index in [1.165, 1.54) is 31.2 Å². The van der Waals surface area contributed by atoms with Crippen molar-refractivity contribution in [3.8, 4) is 11.5 Å². The lowest BCUT2D eigenvalue weighted by Gasteiger charge is -2.21. The molecule has 6 nitrogen and oxygen atoms in total. The van der Waals surface area contributed by atoms with Gasteiger partial charge in [0.25, 0.3) is 11.7 Å². The first-order valence-electron chi connectivity index (χ1n) is 9.20. The van der Waals surface area contributed by atoms with Crippen molar-refractivity contribution in [1.29, 1.82) is 0 Å². The quantitative estimate of drug-likeness (QED) is 0.456. The highest BCUT2D eigenvalue weighted by Gasteiger charge is 2.44. The molecule has 0 bridgehead atoms. The number of aliphatic hydroxyl groups excluding tert-OH is 1. The number of Topliss-reactive ketones (excluding diaryl/α,β-unsaturated/α-hetero) is 1. The molecule has 1 N–H and O–H groups in total. The number of rotatable bonds is 6. The molecule has 0 aromatic heterocycles. The first-order chi connectivity index (χ1) is 13.9. The number of methoxy groups -OCH3 is 1. The van der Waals surface area contributed by atoms with Gasteiger partial charge in [0.15, 0.2) is 11.6 Å². The molecule has 29 heavy (non-hydrogen) atoms. The average Bonchev–Trinajstić information content (AvgIpc) is 2.96. The van der Waals surface area contributed by atoms with Gasteiger partial charge in [0.05, 0.1) is 25.3 Å². The Hall–Kier alpha value is -3.35. The standard InChI is InChI=1S/C22H22FNO5/c1-4-11-29-15-8-5-13(6-9-15)19-18(21(26)22(27)24(19)2)20(25)14-7-10-17(28-3)16(23)12-14/h5-10,12,19,25H,4,11H2,1-3H3/b20-18+. The summed E-state index contributed by atoms with van der Waals surface area (Å²) in [6, 6.07) is 10.0. The fourth-order valence-electron chi connectivity index (χ4n) is 3.27. The predicted octanol–water partition coefficient (Wildman–Crippen LogP) is 3.67. The van der Waals surface area contributed by atoms with Gasteiger partial charge in [-0.3, -0.25) is 9.59 Å². The van der Waals surface area contributed by atoms with E-state index in [1.54, 1.807) is 24.3 Å². The number of benzene rings is 2. The van der Waals surface area contributed by atoms with Crippen molar-refractivity contribution < 1.29 is 28.6 Å². The molecule has 0 spiro atoms. The highest BCUT2D eigenvalue weighted by Crippen LogP contribution is 2.39. The zero-order valence-electron chi connectivity index (χ0n) is 16.4. The Morgan fingerprint density at radius 2 is 1.86 bits per heavy atom. The minimum absolute atomic E-state index is 0.0108. The minimum Gasteiger partial charge on any atom is -0.507 e. The molecule has 2 aromatic carbocycles. The van der Waals surface area contributed by atoms with Crippen LogP contribution in [-0.4, -0.2) is 42.5 Å². The predicted molar refractivity (Wildman–Crippen MR) is 105 cm³/mol. The van der Waals surface area contributed by atoms with Gasteiger partial charge in [-0.2, -0.15) is 0 Å². The molecule has 152 valence electrons. The summed E-state index contributed by atoms with van der Waals surface area (Å²) in [5.74, 6) is -2.01. The summed E-state index contributed by atoms with van der Waals surface area (Å²) in [5.41, 5.74) is 0.623. The second kappa shape index (κ2) is 8.34. The molecule has 1 amide bonds. The lowest BCUT2D eigenvalue weighted by molar-refractivity contribution is -0.139. The van der Waals surface area contributed by atoms with Gasteiger partial charge in [0.2, 0.25) is 0 Å². The first-order valence-corrected chi connectivity index (χ1v) is 9.20. The molecule has 1 aliphatic heterocycles. The number of ether oxygens (including phenoxy) is 2. The minimum atomic E-state index is -0.822. The monoisotopic (exact) mass is 399 g/mol. The van der Waals surface area contributed by atoms with E-state index >= 15 is 0 Å². The van der Waals surface area contributed by atoms with Crippen molar-refractivity contribution in [3.63, 3.8) is 0 Å². The average molecular weight is 399 g/mol. The van der Waals surface area contributed by atoms with Gasteiger partial charge in [0, 0.05) is 12.6 Å². The van der Waals surface area contributed by atoms with E-state index in [2.05, 4.69) is 0 Å². The Balaban J connectivity index is 2.05. The Bertz CT molecular complexity index is 968. The fourth-order valence-corrected chi connectivity index (χ4v) is 3.27. The van der Waals surface area contributed by atoms with Crippen LogP contribution >= 0.6 is 0 Å². The number of amides is 1. The maximum atomic E-state index is 14.1.